The molecule has 1 heterocycles. The van der Waals surface area contributed by atoms with Crippen molar-refractivity contribution in [1.82, 2.24) is 4.57 Å². The van der Waals surface area contributed by atoms with Gasteiger partial charge in [-0.25, -0.2) is 4.79 Å². The summed E-state index contributed by atoms with van der Waals surface area (Å²) < 4.78 is 1.73. The molecule has 30 heavy (non-hydrogen) atoms. The average Bonchev–Trinajstić information content (AvgIpc) is 3.01. The molecule has 0 aliphatic heterocycles. The minimum Gasteiger partial charge on any atom is -0.477 e. The fourth-order valence-electron chi connectivity index (χ4n) is 4.31. The number of benzene rings is 3. The van der Waals surface area contributed by atoms with Crippen LogP contribution in [-0.2, 0) is 18.3 Å². The Bertz CT molecular complexity index is 1310. The van der Waals surface area contributed by atoms with Crippen molar-refractivity contribution in [3.63, 3.8) is 0 Å². The first kappa shape index (κ1) is 19.5. The second-order valence-corrected chi connectivity index (χ2v) is 7.30. The van der Waals surface area contributed by atoms with Crippen LogP contribution in [0.5, 0.6) is 0 Å². The van der Waals surface area contributed by atoms with Crippen molar-refractivity contribution in [1.29, 1.82) is 0 Å². The second kappa shape index (κ2) is 7.55. The van der Waals surface area contributed by atoms with Crippen LogP contribution in [0.15, 0.2) is 59.8 Å². The monoisotopic (exact) mass is 401 g/mol. The summed E-state index contributed by atoms with van der Waals surface area (Å²) in [6.07, 6.45) is 0.492. The minimum atomic E-state index is -0.955. The summed E-state index contributed by atoms with van der Waals surface area (Å²) in [5.41, 5.74) is 10.6. The molecular formula is C24H23N3O3. The van der Waals surface area contributed by atoms with Crippen LogP contribution >= 0.6 is 0 Å². The van der Waals surface area contributed by atoms with Crippen molar-refractivity contribution in [2.75, 3.05) is 7.11 Å². The van der Waals surface area contributed by atoms with Gasteiger partial charge in [-0.2, -0.15) is 0 Å². The Balaban J connectivity index is 2.01. The third kappa shape index (κ3) is 3.06. The van der Waals surface area contributed by atoms with Crippen LogP contribution in [0.3, 0.4) is 0 Å². The van der Waals surface area contributed by atoms with Gasteiger partial charge in [-0.15, -0.1) is 0 Å². The smallest absolute Gasteiger partial charge is 0.352 e. The molecule has 0 radical (unpaired) electrons. The Morgan fingerprint density at radius 3 is 2.60 bits per heavy atom. The van der Waals surface area contributed by atoms with Crippen molar-refractivity contribution >= 4 is 33.5 Å². The molecule has 3 aromatic carbocycles. The van der Waals surface area contributed by atoms with Crippen LogP contribution in [-0.4, -0.2) is 28.6 Å². The third-order valence-electron chi connectivity index (χ3n) is 5.64. The number of aromatic carboxylic acids is 1. The van der Waals surface area contributed by atoms with Gasteiger partial charge in [-0.1, -0.05) is 47.6 Å². The molecule has 0 saturated carbocycles. The number of carbonyl (C=O) groups is 1. The van der Waals surface area contributed by atoms with Gasteiger partial charge in [0.2, 0.25) is 0 Å². The fourth-order valence-corrected chi connectivity index (χ4v) is 4.31. The number of nitrogens with two attached hydrogens (primary N) is 1. The van der Waals surface area contributed by atoms with Gasteiger partial charge >= 0.3 is 5.97 Å². The van der Waals surface area contributed by atoms with Gasteiger partial charge in [-0.05, 0) is 46.5 Å². The number of fused-ring (bicyclic) bond motifs is 2. The zero-order valence-corrected chi connectivity index (χ0v) is 17.1. The quantitative estimate of drug-likeness (QED) is 0.298. The van der Waals surface area contributed by atoms with E-state index in [1.807, 2.05) is 43.3 Å². The van der Waals surface area contributed by atoms with Crippen LogP contribution in [0.1, 0.15) is 32.7 Å². The molecule has 0 bridgehead atoms. The number of nitrogens with zero attached hydrogens (tertiary/aromatic N) is 2. The van der Waals surface area contributed by atoms with Crippen molar-refractivity contribution in [2.45, 2.75) is 13.3 Å². The molecule has 0 amide bonds. The number of rotatable bonds is 5. The number of amidine groups is 1. The first-order valence-electron chi connectivity index (χ1n) is 9.61. The second-order valence-electron chi connectivity index (χ2n) is 7.30. The van der Waals surface area contributed by atoms with E-state index in [1.165, 1.54) is 7.11 Å². The van der Waals surface area contributed by atoms with Gasteiger partial charge in [0, 0.05) is 29.9 Å². The molecule has 152 valence electrons. The van der Waals surface area contributed by atoms with E-state index in [2.05, 4.69) is 23.4 Å². The molecule has 0 aliphatic rings. The summed E-state index contributed by atoms with van der Waals surface area (Å²) in [7, 11) is 3.22. The van der Waals surface area contributed by atoms with Crippen molar-refractivity contribution < 1.29 is 14.7 Å². The van der Waals surface area contributed by atoms with E-state index < -0.39 is 5.97 Å². The molecule has 0 fully saturated rings. The highest BCUT2D eigenvalue weighted by molar-refractivity contribution is 6.06. The predicted molar refractivity (Wildman–Crippen MR) is 119 cm³/mol. The van der Waals surface area contributed by atoms with E-state index in [4.69, 9.17) is 10.6 Å². The fraction of sp³-hybridized carbons (Fsp3) is 0.167. The lowest BCUT2D eigenvalue weighted by atomic mass is 9.93. The molecule has 0 unspecified atom stereocenters. The Morgan fingerprint density at radius 1 is 1.13 bits per heavy atom. The number of carboxylic acids is 1. The van der Waals surface area contributed by atoms with E-state index in [0.717, 1.165) is 43.9 Å². The third-order valence-corrected chi connectivity index (χ3v) is 5.64. The number of hydrogen-bond acceptors (Lipinski definition) is 3. The largest absolute Gasteiger partial charge is 0.477 e. The molecule has 6 heteroatoms. The summed E-state index contributed by atoms with van der Waals surface area (Å²) in [6.45, 7) is 1.94. The summed E-state index contributed by atoms with van der Waals surface area (Å²) in [5.74, 6) is -0.697. The van der Waals surface area contributed by atoms with Crippen LogP contribution in [0.2, 0.25) is 0 Å². The topological polar surface area (TPSA) is 89.8 Å². The number of aryl methyl sites for hydroxylation is 2. The van der Waals surface area contributed by atoms with Crippen molar-refractivity contribution in [3.05, 3.63) is 82.5 Å². The Morgan fingerprint density at radius 2 is 1.87 bits per heavy atom. The summed E-state index contributed by atoms with van der Waals surface area (Å²) in [5, 5.41) is 17.0. The van der Waals surface area contributed by atoms with Gasteiger partial charge in [0.15, 0.2) is 5.84 Å². The summed E-state index contributed by atoms with van der Waals surface area (Å²) >= 11 is 0. The molecule has 6 nitrogen and oxygen atoms in total. The summed E-state index contributed by atoms with van der Waals surface area (Å²) in [6, 6.07) is 18.0. The zero-order valence-electron chi connectivity index (χ0n) is 17.1. The number of carboxylic acid groups (broad SMARTS) is 1. The lowest BCUT2D eigenvalue weighted by Gasteiger charge is -2.10. The van der Waals surface area contributed by atoms with Crippen LogP contribution < -0.4 is 5.73 Å². The lowest BCUT2D eigenvalue weighted by molar-refractivity contribution is 0.0686. The highest BCUT2D eigenvalue weighted by atomic mass is 16.6. The van der Waals surface area contributed by atoms with Gasteiger partial charge < -0.3 is 20.2 Å². The predicted octanol–water partition coefficient (Wildman–Crippen LogP) is 4.20. The molecular weight excluding hydrogens is 378 g/mol. The van der Waals surface area contributed by atoms with Crippen LogP contribution in [0.4, 0.5) is 0 Å². The Hall–Kier alpha value is -3.80. The average molecular weight is 401 g/mol. The molecule has 3 N–H and O–H groups in total. The van der Waals surface area contributed by atoms with Gasteiger partial charge in [0.1, 0.15) is 12.8 Å². The number of aromatic nitrogens is 1. The van der Waals surface area contributed by atoms with Crippen molar-refractivity contribution in [2.24, 2.45) is 17.9 Å². The molecule has 0 atom stereocenters. The molecule has 0 saturated heterocycles. The minimum absolute atomic E-state index is 0.258. The first-order chi connectivity index (χ1) is 14.4. The Labute approximate surface area is 174 Å². The van der Waals surface area contributed by atoms with Gasteiger partial charge in [-0.3, -0.25) is 0 Å². The maximum Gasteiger partial charge on any atom is 0.352 e. The highest BCUT2D eigenvalue weighted by Crippen LogP contribution is 2.33. The van der Waals surface area contributed by atoms with Crippen LogP contribution in [0.25, 0.3) is 21.7 Å². The van der Waals surface area contributed by atoms with Crippen molar-refractivity contribution in [3.8, 4) is 0 Å². The van der Waals surface area contributed by atoms with Crippen LogP contribution in [0, 0.1) is 6.92 Å². The maximum atomic E-state index is 12.2. The van der Waals surface area contributed by atoms with Gasteiger partial charge in [0.25, 0.3) is 0 Å². The standard InChI is InChI=1S/C24H23N3O3/c1-14-17(23(25)26-30-3)11-12-20-21(14)19(22(24(28)29)27(20)2)13-16-9-6-8-15-7-4-5-10-18(15)16/h4-12H,13H2,1-3H3,(H2,25,26)(H,28,29). The van der Waals surface area contributed by atoms with E-state index in [-0.39, 0.29) is 11.5 Å². The summed E-state index contributed by atoms with van der Waals surface area (Å²) in [4.78, 5) is 17.0. The molecule has 0 spiro atoms. The SMILES string of the molecule is CON=C(N)c1ccc2c(c1C)c(Cc1cccc3ccccc13)c(C(=O)O)n2C. The van der Waals surface area contributed by atoms with E-state index in [1.54, 1.807) is 11.6 Å². The molecule has 4 rings (SSSR count). The molecule has 1 aromatic heterocycles. The van der Waals surface area contributed by atoms with Gasteiger partial charge in [0.05, 0.1) is 0 Å². The van der Waals surface area contributed by atoms with E-state index >= 15 is 0 Å². The normalized spacial score (nSPS) is 11.9. The molecule has 4 aromatic rings. The lowest BCUT2D eigenvalue weighted by Crippen LogP contribution is -2.15. The zero-order chi connectivity index (χ0) is 21.4. The Kier molecular flexibility index (Phi) is 4.91. The highest BCUT2D eigenvalue weighted by Gasteiger charge is 2.24. The molecule has 0 aliphatic carbocycles. The van der Waals surface area contributed by atoms with E-state index in [9.17, 15) is 9.90 Å². The maximum absolute atomic E-state index is 12.2. The number of oxime groups is 1. The first-order valence-corrected chi connectivity index (χ1v) is 9.61. The van der Waals surface area contributed by atoms with E-state index in [0.29, 0.717) is 6.42 Å². The number of hydrogen-bond donors (Lipinski definition) is 2.